The second-order valence-corrected chi connectivity index (χ2v) is 5.44. The van der Waals surface area contributed by atoms with E-state index in [1.54, 1.807) is 0 Å². The third kappa shape index (κ3) is 2.33. The molecule has 0 unspecified atom stereocenters. The van der Waals surface area contributed by atoms with E-state index < -0.39 is 16.9 Å². The van der Waals surface area contributed by atoms with E-state index in [9.17, 15) is 19.0 Å². The summed E-state index contributed by atoms with van der Waals surface area (Å²) in [5, 5.41) is 20.2. The van der Waals surface area contributed by atoms with Gasteiger partial charge in [0, 0.05) is 31.5 Å². The lowest BCUT2D eigenvalue weighted by molar-refractivity contribution is -0.195. The second-order valence-electron chi connectivity index (χ2n) is 5.44. The van der Waals surface area contributed by atoms with Crippen LogP contribution in [0.4, 0.5) is 8.78 Å². The van der Waals surface area contributed by atoms with Gasteiger partial charge in [0.25, 0.3) is 0 Å². The standard InChI is InChI=1S/C12H20F2O3/c13-12(14)3-1-11(16,2-4-12)10(9-15)5-7-17-8-6-10/h15-16H,1-9H2. The monoisotopic (exact) mass is 250 g/mol. The predicted octanol–water partition coefficient (Wildman–Crippen LogP) is 1.72. The molecule has 2 N–H and O–H groups in total. The summed E-state index contributed by atoms with van der Waals surface area (Å²) in [6.45, 7) is 0.816. The van der Waals surface area contributed by atoms with Crippen LogP contribution in [0.3, 0.4) is 0 Å². The third-order valence-corrected chi connectivity index (χ3v) is 4.55. The molecule has 2 rings (SSSR count). The molecule has 2 aliphatic rings. The zero-order valence-electron chi connectivity index (χ0n) is 9.92. The Hall–Kier alpha value is -0.260. The van der Waals surface area contributed by atoms with Crippen molar-refractivity contribution in [2.24, 2.45) is 5.41 Å². The predicted molar refractivity (Wildman–Crippen MR) is 57.9 cm³/mol. The highest BCUT2D eigenvalue weighted by Crippen LogP contribution is 2.51. The first-order valence-electron chi connectivity index (χ1n) is 6.22. The average Bonchev–Trinajstić information content (AvgIpc) is 2.34. The van der Waals surface area contributed by atoms with Gasteiger partial charge >= 0.3 is 0 Å². The third-order valence-electron chi connectivity index (χ3n) is 4.55. The van der Waals surface area contributed by atoms with E-state index >= 15 is 0 Å². The molecule has 1 saturated heterocycles. The number of hydrogen-bond acceptors (Lipinski definition) is 3. The number of halogens is 2. The Kier molecular flexibility index (Phi) is 3.45. The lowest BCUT2D eigenvalue weighted by Crippen LogP contribution is -2.56. The lowest BCUT2D eigenvalue weighted by atomic mass is 9.61. The van der Waals surface area contributed by atoms with Crippen LogP contribution in [0.1, 0.15) is 38.5 Å². The highest BCUT2D eigenvalue weighted by molar-refractivity contribution is 5.03. The molecule has 0 atom stereocenters. The van der Waals surface area contributed by atoms with Crippen LogP contribution in [0, 0.1) is 5.41 Å². The van der Waals surface area contributed by atoms with E-state index in [2.05, 4.69) is 0 Å². The molecule has 0 radical (unpaired) electrons. The summed E-state index contributed by atoms with van der Waals surface area (Å²) in [4.78, 5) is 0. The highest BCUT2D eigenvalue weighted by atomic mass is 19.3. The Morgan fingerprint density at radius 2 is 1.47 bits per heavy atom. The Morgan fingerprint density at radius 1 is 0.941 bits per heavy atom. The first-order valence-corrected chi connectivity index (χ1v) is 6.22. The van der Waals surface area contributed by atoms with Crippen molar-refractivity contribution in [1.29, 1.82) is 0 Å². The van der Waals surface area contributed by atoms with Gasteiger partial charge in [-0.05, 0) is 25.7 Å². The number of hydrogen-bond donors (Lipinski definition) is 2. The van der Waals surface area contributed by atoms with Crippen LogP contribution in [0.2, 0.25) is 0 Å². The number of aliphatic hydroxyl groups is 2. The number of alkyl halides is 2. The second kappa shape index (κ2) is 4.44. The molecule has 0 spiro atoms. The molecule has 0 amide bonds. The van der Waals surface area contributed by atoms with Crippen LogP contribution in [0.15, 0.2) is 0 Å². The van der Waals surface area contributed by atoms with Gasteiger partial charge in [-0.15, -0.1) is 0 Å². The van der Waals surface area contributed by atoms with Crippen molar-refractivity contribution >= 4 is 0 Å². The molecule has 1 aliphatic carbocycles. The van der Waals surface area contributed by atoms with E-state index in [1.807, 2.05) is 0 Å². The molecule has 2 fully saturated rings. The summed E-state index contributed by atoms with van der Waals surface area (Å²) in [5.41, 5.74) is -1.81. The van der Waals surface area contributed by atoms with Crippen molar-refractivity contribution < 1.29 is 23.7 Å². The molecular formula is C12H20F2O3. The lowest BCUT2D eigenvalue weighted by Gasteiger charge is -2.51. The van der Waals surface area contributed by atoms with Crippen molar-refractivity contribution in [3.05, 3.63) is 0 Å². The SMILES string of the molecule is OCC1(C2(O)CCC(F)(F)CC2)CCOCC1. The molecular weight excluding hydrogens is 230 g/mol. The van der Waals surface area contributed by atoms with Crippen molar-refractivity contribution in [2.75, 3.05) is 19.8 Å². The summed E-state index contributed by atoms with van der Waals surface area (Å²) >= 11 is 0. The Morgan fingerprint density at radius 3 is 1.94 bits per heavy atom. The maximum atomic E-state index is 13.1. The topological polar surface area (TPSA) is 49.7 Å². The minimum atomic E-state index is -2.66. The minimum absolute atomic E-state index is 0.0700. The van der Waals surface area contributed by atoms with E-state index in [4.69, 9.17) is 4.74 Å². The normalized spacial score (nSPS) is 31.1. The van der Waals surface area contributed by atoms with Crippen LogP contribution >= 0.6 is 0 Å². The summed E-state index contributed by atoms with van der Waals surface area (Å²) < 4.78 is 31.5. The number of ether oxygens (including phenoxy) is 1. The summed E-state index contributed by atoms with van der Waals surface area (Å²) in [5.74, 6) is -2.66. The molecule has 0 bridgehead atoms. The van der Waals surface area contributed by atoms with Crippen LogP contribution in [-0.4, -0.2) is 41.6 Å². The largest absolute Gasteiger partial charge is 0.396 e. The molecule has 1 aliphatic heterocycles. The minimum Gasteiger partial charge on any atom is -0.396 e. The quantitative estimate of drug-likeness (QED) is 0.784. The van der Waals surface area contributed by atoms with Gasteiger partial charge in [0.15, 0.2) is 0 Å². The summed E-state index contributed by atoms with van der Waals surface area (Å²) in [6, 6.07) is 0. The van der Waals surface area contributed by atoms with Crippen molar-refractivity contribution in [3.63, 3.8) is 0 Å². The first kappa shape index (κ1) is 13.2. The van der Waals surface area contributed by atoms with Gasteiger partial charge in [-0.25, -0.2) is 8.78 Å². The molecule has 0 aromatic heterocycles. The molecule has 1 saturated carbocycles. The fourth-order valence-electron chi connectivity index (χ4n) is 3.09. The van der Waals surface area contributed by atoms with Gasteiger partial charge in [0.05, 0.1) is 12.2 Å². The molecule has 1 heterocycles. The van der Waals surface area contributed by atoms with Crippen molar-refractivity contribution in [1.82, 2.24) is 0 Å². The maximum Gasteiger partial charge on any atom is 0.248 e. The van der Waals surface area contributed by atoms with Crippen molar-refractivity contribution in [2.45, 2.75) is 50.0 Å². The Balaban J connectivity index is 2.13. The molecule has 0 aromatic rings. The van der Waals surface area contributed by atoms with Gasteiger partial charge in [-0.1, -0.05) is 0 Å². The van der Waals surface area contributed by atoms with Crippen LogP contribution in [-0.2, 0) is 4.74 Å². The van der Waals surface area contributed by atoms with E-state index in [-0.39, 0.29) is 32.3 Å². The molecule has 100 valence electrons. The average molecular weight is 250 g/mol. The van der Waals surface area contributed by atoms with E-state index in [1.165, 1.54) is 0 Å². The molecule has 17 heavy (non-hydrogen) atoms. The highest BCUT2D eigenvalue weighted by Gasteiger charge is 2.54. The molecule has 0 aromatic carbocycles. The molecule has 5 heteroatoms. The fourth-order valence-corrected chi connectivity index (χ4v) is 3.09. The molecule has 3 nitrogen and oxygen atoms in total. The van der Waals surface area contributed by atoms with Crippen LogP contribution in [0.25, 0.3) is 0 Å². The smallest absolute Gasteiger partial charge is 0.248 e. The number of rotatable bonds is 2. The van der Waals surface area contributed by atoms with Gasteiger partial charge in [-0.2, -0.15) is 0 Å². The first-order chi connectivity index (χ1) is 7.93. The number of aliphatic hydroxyl groups excluding tert-OH is 1. The Labute approximate surface area is 99.8 Å². The summed E-state index contributed by atoms with van der Waals surface area (Å²) in [7, 11) is 0. The zero-order chi connectivity index (χ0) is 12.6. The van der Waals surface area contributed by atoms with Crippen LogP contribution < -0.4 is 0 Å². The van der Waals surface area contributed by atoms with E-state index in [0.717, 1.165) is 0 Å². The van der Waals surface area contributed by atoms with Crippen LogP contribution in [0.5, 0.6) is 0 Å². The summed E-state index contributed by atoms with van der Waals surface area (Å²) in [6.07, 6.45) is 0.663. The van der Waals surface area contributed by atoms with Gasteiger partial charge in [0.2, 0.25) is 5.92 Å². The van der Waals surface area contributed by atoms with Crippen molar-refractivity contribution in [3.8, 4) is 0 Å². The van der Waals surface area contributed by atoms with Gasteiger partial charge in [0.1, 0.15) is 0 Å². The Bertz CT molecular complexity index is 265. The van der Waals surface area contributed by atoms with Gasteiger partial charge in [-0.3, -0.25) is 0 Å². The van der Waals surface area contributed by atoms with Gasteiger partial charge < -0.3 is 14.9 Å². The fraction of sp³-hybridized carbons (Fsp3) is 1.00. The zero-order valence-corrected chi connectivity index (χ0v) is 9.92. The van der Waals surface area contributed by atoms with E-state index in [0.29, 0.717) is 26.1 Å². The maximum absolute atomic E-state index is 13.1.